The summed E-state index contributed by atoms with van der Waals surface area (Å²) in [5.74, 6) is 0. The highest BCUT2D eigenvalue weighted by molar-refractivity contribution is 6.29. The Balaban J connectivity index is 1.88. The quantitative estimate of drug-likeness (QED) is 0.531. The van der Waals surface area contributed by atoms with Gasteiger partial charge in [0.1, 0.15) is 11.3 Å². The van der Waals surface area contributed by atoms with Gasteiger partial charge in [-0.1, -0.05) is 11.6 Å². The van der Waals surface area contributed by atoms with Crippen LogP contribution in [0.2, 0.25) is 5.15 Å². The Labute approximate surface area is 121 Å². The minimum atomic E-state index is 0.264. The first-order valence-electron chi connectivity index (χ1n) is 6.22. The Bertz CT molecular complexity index is 695. The lowest BCUT2D eigenvalue weighted by Gasteiger charge is -2.03. The number of epoxide rings is 1. The van der Waals surface area contributed by atoms with Gasteiger partial charge in [0.05, 0.1) is 24.2 Å². The number of nitrogens with zero attached hydrogens (tertiary/aromatic N) is 3. The van der Waals surface area contributed by atoms with E-state index < -0.39 is 0 Å². The van der Waals surface area contributed by atoms with E-state index in [-0.39, 0.29) is 6.10 Å². The second-order valence-corrected chi connectivity index (χ2v) is 4.86. The molecule has 1 saturated heterocycles. The van der Waals surface area contributed by atoms with Crippen molar-refractivity contribution in [3.05, 3.63) is 41.3 Å². The predicted molar refractivity (Wildman–Crippen MR) is 79.8 cm³/mol. The molecule has 5 nitrogen and oxygen atoms in total. The third kappa shape index (κ3) is 2.95. The number of ether oxygens (including phenoxy) is 1. The van der Waals surface area contributed by atoms with Crippen LogP contribution in [0.15, 0.2) is 35.6 Å². The van der Waals surface area contributed by atoms with Crippen molar-refractivity contribution in [3.63, 3.8) is 0 Å². The molecule has 1 aliphatic heterocycles. The van der Waals surface area contributed by atoms with Crippen molar-refractivity contribution in [2.24, 2.45) is 10.7 Å². The summed E-state index contributed by atoms with van der Waals surface area (Å²) < 4.78 is 5.10. The highest BCUT2D eigenvalue weighted by Crippen LogP contribution is 2.18. The van der Waals surface area contributed by atoms with Crippen molar-refractivity contribution >= 4 is 34.4 Å². The first-order chi connectivity index (χ1) is 9.76. The highest BCUT2D eigenvalue weighted by Gasteiger charge is 2.20. The number of aliphatic imine (C=N–C) groups is 1. The Morgan fingerprint density at radius 2 is 2.35 bits per heavy atom. The van der Waals surface area contributed by atoms with Crippen LogP contribution in [0.1, 0.15) is 5.56 Å². The average molecular weight is 289 g/mol. The first-order valence-corrected chi connectivity index (χ1v) is 6.60. The molecule has 0 aromatic carbocycles. The molecule has 0 saturated carbocycles. The molecular weight excluding hydrogens is 276 g/mol. The Kier molecular flexibility index (Phi) is 3.62. The zero-order chi connectivity index (χ0) is 13.9. The number of hydrogen-bond acceptors (Lipinski definition) is 5. The number of nitrogens with two attached hydrogens (primary N) is 1. The lowest BCUT2D eigenvalue weighted by atomic mass is 10.1. The summed E-state index contributed by atoms with van der Waals surface area (Å²) in [7, 11) is 0. The van der Waals surface area contributed by atoms with Gasteiger partial charge in [-0.2, -0.15) is 0 Å². The minimum Gasteiger partial charge on any atom is -0.404 e. The molecular formula is C14H13ClN4O. The molecule has 1 unspecified atom stereocenters. The molecule has 0 amide bonds. The van der Waals surface area contributed by atoms with Crippen LogP contribution in [0.25, 0.3) is 16.6 Å². The smallest absolute Gasteiger partial charge is 0.129 e. The van der Waals surface area contributed by atoms with Crippen LogP contribution < -0.4 is 5.73 Å². The van der Waals surface area contributed by atoms with Crippen LogP contribution in [0.5, 0.6) is 0 Å². The molecule has 2 aromatic rings. The van der Waals surface area contributed by atoms with Crippen LogP contribution in [0.4, 0.5) is 0 Å². The molecule has 20 heavy (non-hydrogen) atoms. The molecule has 0 spiro atoms. The van der Waals surface area contributed by atoms with Gasteiger partial charge in [0.2, 0.25) is 0 Å². The van der Waals surface area contributed by atoms with Gasteiger partial charge in [0.15, 0.2) is 0 Å². The maximum Gasteiger partial charge on any atom is 0.129 e. The number of pyridine rings is 2. The lowest BCUT2D eigenvalue weighted by molar-refractivity contribution is 0.413. The second-order valence-electron chi connectivity index (χ2n) is 4.47. The fourth-order valence-corrected chi connectivity index (χ4v) is 1.95. The number of halogens is 1. The van der Waals surface area contributed by atoms with Gasteiger partial charge in [-0.05, 0) is 18.2 Å². The van der Waals surface area contributed by atoms with E-state index in [1.54, 1.807) is 18.5 Å². The van der Waals surface area contributed by atoms with E-state index >= 15 is 0 Å². The molecule has 0 aliphatic carbocycles. The summed E-state index contributed by atoms with van der Waals surface area (Å²) in [6.07, 6.45) is 5.25. The number of hydrogen-bond donors (Lipinski definition) is 1. The molecule has 3 rings (SSSR count). The summed E-state index contributed by atoms with van der Waals surface area (Å²) in [6, 6.07) is 5.44. The van der Waals surface area contributed by atoms with E-state index in [4.69, 9.17) is 22.1 Å². The normalized spacial score (nSPS) is 18.9. The summed E-state index contributed by atoms with van der Waals surface area (Å²) in [5.41, 5.74) is 8.82. The first kappa shape index (κ1) is 13.0. The fourth-order valence-electron chi connectivity index (χ4n) is 1.80. The highest BCUT2D eigenvalue weighted by atomic mass is 35.5. The van der Waals surface area contributed by atoms with Crippen molar-refractivity contribution in [1.82, 2.24) is 9.97 Å². The molecule has 3 heterocycles. The van der Waals surface area contributed by atoms with Gasteiger partial charge in [-0.3, -0.25) is 9.98 Å². The molecule has 0 radical (unpaired) electrons. The number of rotatable bonds is 4. The van der Waals surface area contributed by atoms with E-state index in [9.17, 15) is 0 Å². The Morgan fingerprint density at radius 3 is 3.10 bits per heavy atom. The minimum absolute atomic E-state index is 0.264. The number of allylic oxidation sites excluding steroid dienone is 1. The van der Waals surface area contributed by atoms with Gasteiger partial charge in [0, 0.05) is 29.7 Å². The molecule has 102 valence electrons. The van der Waals surface area contributed by atoms with Crippen LogP contribution in [-0.4, -0.2) is 35.4 Å². The summed E-state index contributed by atoms with van der Waals surface area (Å²) in [5, 5.41) is 0.439. The van der Waals surface area contributed by atoms with Crippen molar-refractivity contribution in [2.45, 2.75) is 6.10 Å². The Hall–Kier alpha value is -1.98. The third-order valence-electron chi connectivity index (χ3n) is 2.96. The molecule has 1 atom stereocenters. The van der Waals surface area contributed by atoms with Crippen LogP contribution in [0.3, 0.4) is 0 Å². The average Bonchev–Trinajstić information content (AvgIpc) is 3.27. The van der Waals surface area contributed by atoms with Gasteiger partial charge in [-0.25, -0.2) is 4.98 Å². The van der Waals surface area contributed by atoms with Crippen molar-refractivity contribution in [3.8, 4) is 0 Å². The summed E-state index contributed by atoms with van der Waals surface area (Å²) in [4.78, 5) is 12.9. The lowest BCUT2D eigenvalue weighted by Crippen LogP contribution is -1.96. The zero-order valence-electron chi connectivity index (χ0n) is 10.7. The van der Waals surface area contributed by atoms with E-state index in [0.717, 1.165) is 28.8 Å². The maximum atomic E-state index is 5.89. The monoisotopic (exact) mass is 288 g/mol. The molecule has 1 fully saturated rings. The van der Waals surface area contributed by atoms with E-state index in [1.165, 1.54) is 6.20 Å². The zero-order valence-corrected chi connectivity index (χ0v) is 11.4. The number of aromatic nitrogens is 2. The summed E-state index contributed by atoms with van der Waals surface area (Å²) in [6.45, 7) is 1.45. The predicted octanol–water partition coefficient (Wildman–Crippen LogP) is 2.05. The van der Waals surface area contributed by atoms with E-state index in [1.807, 2.05) is 12.1 Å². The number of fused-ring (bicyclic) bond motifs is 1. The largest absolute Gasteiger partial charge is 0.404 e. The second kappa shape index (κ2) is 5.56. The standard InChI is InChI=1S/C14H13ClN4O/c15-14-2-1-12-13(19-14)3-9(6-18-12)10(4-16)5-17-7-11-8-20-11/h1-6,11H,7-8,16H2. The third-order valence-corrected chi connectivity index (χ3v) is 3.17. The van der Waals surface area contributed by atoms with Crippen molar-refractivity contribution in [2.75, 3.05) is 13.2 Å². The van der Waals surface area contributed by atoms with Gasteiger partial charge in [0.25, 0.3) is 0 Å². The maximum absolute atomic E-state index is 5.89. The van der Waals surface area contributed by atoms with Crippen LogP contribution in [-0.2, 0) is 4.74 Å². The van der Waals surface area contributed by atoms with Gasteiger partial charge >= 0.3 is 0 Å². The van der Waals surface area contributed by atoms with Crippen LogP contribution >= 0.6 is 11.6 Å². The molecule has 1 aliphatic rings. The molecule has 2 N–H and O–H groups in total. The van der Waals surface area contributed by atoms with Crippen molar-refractivity contribution in [1.29, 1.82) is 0 Å². The van der Waals surface area contributed by atoms with Gasteiger partial charge in [-0.15, -0.1) is 0 Å². The van der Waals surface area contributed by atoms with Crippen molar-refractivity contribution < 1.29 is 4.74 Å². The van der Waals surface area contributed by atoms with E-state index in [2.05, 4.69) is 15.0 Å². The fraction of sp³-hybridized carbons (Fsp3) is 0.214. The van der Waals surface area contributed by atoms with Gasteiger partial charge < -0.3 is 10.5 Å². The molecule has 6 heteroatoms. The Morgan fingerprint density at radius 1 is 1.50 bits per heavy atom. The molecule has 2 aromatic heterocycles. The summed E-state index contributed by atoms with van der Waals surface area (Å²) >= 11 is 5.89. The topological polar surface area (TPSA) is 76.7 Å². The molecule has 0 bridgehead atoms. The van der Waals surface area contributed by atoms with Crippen LogP contribution in [0, 0.1) is 0 Å². The SMILES string of the molecule is NC=C(C=NCC1CO1)c1cnc2ccc(Cl)nc2c1. The van der Waals surface area contributed by atoms with E-state index in [0.29, 0.717) is 11.7 Å².